The van der Waals surface area contributed by atoms with Gasteiger partial charge in [0, 0.05) is 5.56 Å². The number of hydrogen-bond donors (Lipinski definition) is 2. The van der Waals surface area contributed by atoms with Gasteiger partial charge in [-0.05, 0) is 18.2 Å². The number of aromatic amines is 1. The van der Waals surface area contributed by atoms with E-state index in [1.165, 1.54) is 6.33 Å². The lowest BCUT2D eigenvalue weighted by molar-refractivity contribution is 0.204. The molecule has 1 heterocycles. The number of H-pyrrole nitrogens is 1. The molecule has 1 unspecified atom stereocenters. The summed E-state index contributed by atoms with van der Waals surface area (Å²) in [5, 5.41) is 16.5. The van der Waals surface area contributed by atoms with E-state index in [2.05, 4.69) is 15.2 Å². The summed E-state index contributed by atoms with van der Waals surface area (Å²) in [6.45, 7) is 0. The number of benzene rings is 1. The molecule has 6 heteroatoms. The lowest BCUT2D eigenvalue weighted by atomic mass is 10.1. The van der Waals surface area contributed by atoms with Gasteiger partial charge < -0.3 is 14.6 Å². The van der Waals surface area contributed by atoms with Crippen LogP contribution in [-0.2, 0) is 0 Å². The van der Waals surface area contributed by atoms with E-state index in [9.17, 15) is 5.11 Å². The highest BCUT2D eigenvalue weighted by molar-refractivity contribution is 5.43. The minimum atomic E-state index is -0.928. The van der Waals surface area contributed by atoms with Crippen molar-refractivity contribution in [1.82, 2.24) is 15.2 Å². The molecule has 2 N–H and O–H groups in total. The Morgan fingerprint density at radius 2 is 2.12 bits per heavy atom. The molecular weight excluding hydrogens is 222 g/mol. The van der Waals surface area contributed by atoms with Crippen LogP contribution in [0.25, 0.3) is 0 Å². The van der Waals surface area contributed by atoms with Crippen LogP contribution in [0.3, 0.4) is 0 Å². The number of aliphatic hydroxyl groups is 1. The molecule has 2 aromatic rings. The van der Waals surface area contributed by atoms with Crippen molar-refractivity contribution in [3.63, 3.8) is 0 Å². The molecule has 0 amide bonds. The molecule has 0 radical (unpaired) electrons. The summed E-state index contributed by atoms with van der Waals surface area (Å²) in [6, 6.07) is 5.19. The Kier molecular flexibility index (Phi) is 3.24. The molecule has 0 aliphatic rings. The van der Waals surface area contributed by atoms with E-state index in [0.29, 0.717) is 22.9 Å². The smallest absolute Gasteiger partial charge is 0.157 e. The van der Waals surface area contributed by atoms with Gasteiger partial charge in [0.05, 0.1) is 14.2 Å². The first-order valence-electron chi connectivity index (χ1n) is 5.01. The van der Waals surface area contributed by atoms with Gasteiger partial charge in [-0.2, -0.15) is 5.10 Å². The number of ether oxygens (including phenoxy) is 2. The molecule has 90 valence electrons. The standard InChI is InChI=1S/C11H13N3O3/c1-16-7-3-4-9(17-2)8(5-7)10(15)11-12-6-13-14-11/h3-6,10,15H,1-2H3,(H,12,13,14). The predicted molar refractivity (Wildman–Crippen MR) is 60.0 cm³/mol. The second-order valence-electron chi connectivity index (χ2n) is 3.38. The molecule has 1 aromatic heterocycles. The zero-order valence-electron chi connectivity index (χ0n) is 9.54. The number of rotatable bonds is 4. The third-order valence-electron chi connectivity index (χ3n) is 2.42. The summed E-state index contributed by atoms with van der Waals surface area (Å²) in [6.07, 6.45) is 0.410. The maximum Gasteiger partial charge on any atom is 0.157 e. The Morgan fingerprint density at radius 3 is 2.71 bits per heavy atom. The summed E-state index contributed by atoms with van der Waals surface area (Å²) in [5.74, 6) is 1.56. The maximum atomic E-state index is 10.1. The Balaban J connectivity index is 2.41. The largest absolute Gasteiger partial charge is 0.497 e. The van der Waals surface area contributed by atoms with Crippen LogP contribution in [-0.4, -0.2) is 34.5 Å². The average molecular weight is 235 g/mol. The summed E-state index contributed by atoms with van der Waals surface area (Å²) in [5.41, 5.74) is 0.573. The van der Waals surface area contributed by atoms with Crippen molar-refractivity contribution in [3.8, 4) is 11.5 Å². The monoisotopic (exact) mass is 235 g/mol. The first-order chi connectivity index (χ1) is 8.26. The van der Waals surface area contributed by atoms with Crippen molar-refractivity contribution in [2.24, 2.45) is 0 Å². The number of methoxy groups -OCH3 is 2. The summed E-state index contributed by atoms with van der Waals surface area (Å²) >= 11 is 0. The fourth-order valence-corrected chi connectivity index (χ4v) is 1.55. The number of aliphatic hydroxyl groups excluding tert-OH is 1. The third kappa shape index (κ3) is 2.21. The predicted octanol–water partition coefficient (Wildman–Crippen LogP) is 0.904. The summed E-state index contributed by atoms with van der Waals surface area (Å²) in [7, 11) is 3.10. The van der Waals surface area contributed by atoms with Crippen LogP contribution in [0.4, 0.5) is 0 Å². The van der Waals surface area contributed by atoms with E-state index in [1.54, 1.807) is 32.4 Å². The molecule has 0 aliphatic heterocycles. The van der Waals surface area contributed by atoms with Crippen molar-refractivity contribution < 1.29 is 14.6 Å². The van der Waals surface area contributed by atoms with Crippen molar-refractivity contribution in [2.75, 3.05) is 14.2 Å². The molecule has 0 fully saturated rings. The second kappa shape index (κ2) is 4.84. The zero-order chi connectivity index (χ0) is 12.3. The summed E-state index contributed by atoms with van der Waals surface area (Å²) in [4.78, 5) is 3.91. The van der Waals surface area contributed by atoms with Crippen LogP contribution in [0.15, 0.2) is 24.5 Å². The van der Waals surface area contributed by atoms with Gasteiger partial charge >= 0.3 is 0 Å². The van der Waals surface area contributed by atoms with Gasteiger partial charge in [0.25, 0.3) is 0 Å². The van der Waals surface area contributed by atoms with Crippen LogP contribution < -0.4 is 9.47 Å². The van der Waals surface area contributed by atoms with E-state index in [1.807, 2.05) is 0 Å². The van der Waals surface area contributed by atoms with Crippen LogP contribution in [0.5, 0.6) is 11.5 Å². The highest BCUT2D eigenvalue weighted by atomic mass is 16.5. The lowest BCUT2D eigenvalue weighted by Crippen LogP contribution is -2.05. The fourth-order valence-electron chi connectivity index (χ4n) is 1.55. The Bertz CT molecular complexity index is 485. The van der Waals surface area contributed by atoms with Gasteiger partial charge in [0.15, 0.2) is 5.82 Å². The topological polar surface area (TPSA) is 80.3 Å². The molecule has 2 rings (SSSR count). The van der Waals surface area contributed by atoms with Crippen molar-refractivity contribution in [3.05, 3.63) is 35.9 Å². The average Bonchev–Trinajstić information content (AvgIpc) is 2.91. The van der Waals surface area contributed by atoms with Gasteiger partial charge in [-0.15, -0.1) is 0 Å². The van der Waals surface area contributed by atoms with Crippen LogP contribution in [0, 0.1) is 0 Å². The van der Waals surface area contributed by atoms with Crippen molar-refractivity contribution in [1.29, 1.82) is 0 Å². The van der Waals surface area contributed by atoms with E-state index in [0.717, 1.165) is 0 Å². The third-order valence-corrected chi connectivity index (χ3v) is 2.42. The van der Waals surface area contributed by atoms with Crippen LogP contribution in [0.1, 0.15) is 17.5 Å². The van der Waals surface area contributed by atoms with Gasteiger partial charge in [-0.1, -0.05) is 0 Å². The lowest BCUT2D eigenvalue weighted by Gasteiger charge is -2.13. The molecule has 0 saturated carbocycles. The highest BCUT2D eigenvalue weighted by Crippen LogP contribution is 2.31. The SMILES string of the molecule is COc1ccc(OC)c(C(O)c2ncn[nH]2)c1. The first-order valence-corrected chi connectivity index (χ1v) is 5.01. The molecule has 6 nitrogen and oxygen atoms in total. The molecule has 0 spiro atoms. The van der Waals surface area contributed by atoms with Crippen molar-refractivity contribution in [2.45, 2.75) is 6.10 Å². The quantitative estimate of drug-likeness (QED) is 0.823. The number of nitrogens with one attached hydrogen (secondary N) is 1. The number of aromatic nitrogens is 3. The highest BCUT2D eigenvalue weighted by Gasteiger charge is 2.18. The minimum Gasteiger partial charge on any atom is -0.497 e. The molecule has 0 aliphatic carbocycles. The Morgan fingerprint density at radius 1 is 1.29 bits per heavy atom. The second-order valence-corrected chi connectivity index (χ2v) is 3.38. The minimum absolute atomic E-state index is 0.358. The van der Waals surface area contributed by atoms with Crippen molar-refractivity contribution >= 4 is 0 Å². The molecule has 1 atom stereocenters. The molecule has 0 bridgehead atoms. The molecule has 17 heavy (non-hydrogen) atoms. The van der Waals surface area contributed by atoms with Gasteiger partial charge in [0.1, 0.15) is 23.9 Å². The Hall–Kier alpha value is -2.08. The first kappa shape index (κ1) is 11.4. The zero-order valence-corrected chi connectivity index (χ0v) is 9.54. The van der Waals surface area contributed by atoms with E-state index < -0.39 is 6.10 Å². The maximum absolute atomic E-state index is 10.1. The Labute approximate surface area is 98.2 Å². The van der Waals surface area contributed by atoms with Gasteiger partial charge in [-0.3, -0.25) is 5.10 Å². The number of nitrogens with zero attached hydrogens (tertiary/aromatic N) is 2. The normalized spacial score (nSPS) is 12.2. The summed E-state index contributed by atoms with van der Waals surface area (Å²) < 4.78 is 10.3. The van der Waals surface area contributed by atoms with Gasteiger partial charge in [-0.25, -0.2) is 4.98 Å². The van der Waals surface area contributed by atoms with Gasteiger partial charge in [0.2, 0.25) is 0 Å². The number of hydrogen-bond acceptors (Lipinski definition) is 5. The molecule has 0 saturated heterocycles. The molecular formula is C11H13N3O3. The molecule has 1 aromatic carbocycles. The van der Waals surface area contributed by atoms with E-state index >= 15 is 0 Å². The van der Waals surface area contributed by atoms with Crippen LogP contribution in [0.2, 0.25) is 0 Å². The van der Waals surface area contributed by atoms with Crippen LogP contribution >= 0.6 is 0 Å². The van der Waals surface area contributed by atoms with E-state index in [-0.39, 0.29) is 0 Å². The fraction of sp³-hybridized carbons (Fsp3) is 0.273. The van der Waals surface area contributed by atoms with E-state index in [4.69, 9.17) is 9.47 Å².